The Labute approximate surface area is 162 Å². The molecule has 2 amide bonds. The van der Waals surface area contributed by atoms with E-state index in [0.29, 0.717) is 12.1 Å². The number of amides is 2. The van der Waals surface area contributed by atoms with Crippen molar-refractivity contribution >= 4 is 18.0 Å². The lowest BCUT2D eigenvalue weighted by molar-refractivity contribution is -0.142. The lowest BCUT2D eigenvalue weighted by atomic mass is 10.0. The molecule has 1 heterocycles. The van der Waals surface area contributed by atoms with Crippen molar-refractivity contribution < 1.29 is 24.2 Å². The number of nitrogens with one attached hydrogen (secondary N) is 3. The first-order chi connectivity index (χ1) is 13.5. The summed E-state index contributed by atoms with van der Waals surface area (Å²) in [5, 5.41) is 14.4. The molecule has 4 N–H and O–H groups in total. The maximum Gasteiger partial charge on any atom is 0.407 e. The van der Waals surface area contributed by atoms with Crippen molar-refractivity contribution in [2.24, 2.45) is 0 Å². The van der Waals surface area contributed by atoms with Crippen LogP contribution in [0.4, 0.5) is 4.79 Å². The number of rotatable bonds is 10. The fourth-order valence-corrected chi connectivity index (χ4v) is 2.53. The van der Waals surface area contributed by atoms with Gasteiger partial charge >= 0.3 is 12.1 Å². The van der Waals surface area contributed by atoms with Crippen LogP contribution in [-0.4, -0.2) is 51.7 Å². The van der Waals surface area contributed by atoms with Crippen LogP contribution < -0.4 is 10.6 Å². The molecule has 2 aromatic rings. The number of ether oxygens (including phenoxy) is 1. The van der Waals surface area contributed by atoms with Crippen molar-refractivity contribution in [1.82, 2.24) is 20.6 Å². The number of nitrogens with zero attached hydrogens (tertiary/aromatic N) is 1. The van der Waals surface area contributed by atoms with Crippen molar-refractivity contribution in [2.75, 3.05) is 6.61 Å². The number of aliphatic carboxylic acids is 1. The molecular formula is C19H24N4O5. The standard InChI is InChI=1S/C19H24N4O5/c1-2-8-28-19(27)23-15(9-13-6-4-3-5-7-13)17(24)22-16(18(25)26)10-14-11-20-12-21-14/h3-7,11-12,15-16H,2,8-10H2,1H3,(H,20,21)(H,22,24)(H,23,27)(H,25,26)/t15-,16-/m0/s1. The number of hydrogen-bond acceptors (Lipinski definition) is 5. The maximum absolute atomic E-state index is 12.7. The van der Waals surface area contributed by atoms with Gasteiger partial charge in [-0.2, -0.15) is 0 Å². The van der Waals surface area contributed by atoms with Crippen LogP contribution in [0.2, 0.25) is 0 Å². The average molecular weight is 388 g/mol. The number of carbonyl (C=O) groups is 3. The number of benzene rings is 1. The van der Waals surface area contributed by atoms with Crippen molar-refractivity contribution in [1.29, 1.82) is 0 Å². The fraction of sp³-hybridized carbons (Fsp3) is 0.368. The van der Waals surface area contributed by atoms with Crippen molar-refractivity contribution in [3.05, 3.63) is 54.1 Å². The molecular weight excluding hydrogens is 364 g/mol. The third kappa shape index (κ3) is 6.75. The monoisotopic (exact) mass is 388 g/mol. The van der Waals surface area contributed by atoms with Crippen LogP contribution in [0.5, 0.6) is 0 Å². The van der Waals surface area contributed by atoms with Gasteiger partial charge in [0, 0.05) is 24.7 Å². The number of aromatic nitrogens is 2. The molecule has 0 aliphatic carbocycles. The van der Waals surface area contributed by atoms with Crippen LogP contribution in [-0.2, 0) is 27.2 Å². The minimum absolute atomic E-state index is 0.0411. The predicted octanol–water partition coefficient (Wildman–Crippen LogP) is 1.27. The highest BCUT2D eigenvalue weighted by molar-refractivity contribution is 5.89. The average Bonchev–Trinajstić information content (AvgIpc) is 3.19. The number of carbonyl (C=O) groups excluding carboxylic acids is 2. The molecule has 28 heavy (non-hydrogen) atoms. The number of carboxylic acids is 1. The van der Waals surface area contributed by atoms with E-state index in [2.05, 4.69) is 20.6 Å². The van der Waals surface area contributed by atoms with Gasteiger partial charge in [-0.1, -0.05) is 37.3 Å². The fourth-order valence-electron chi connectivity index (χ4n) is 2.53. The molecule has 2 rings (SSSR count). The second-order valence-electron chi connectivity index (χ2n) is 6.20. The zero-order chi connectivity index (χ0) is 20.4. The van der Waals surface area contributed by atoms with Crippen molar-refractivity contribution in [2.45, 2.75) is 38.3 Å². The molecule has 0 fully saturated rings. The molecule has 0 saturated carbocycles. The molecule has 0 bridgehead atoms. The van der Waals surface area contributed by atoms with E-state index < -0.39 is 30.1 Å². The molecule has 0 unspecified atom stereocenters. The van der Waals surface area contributed by atoms with E-state index in [1.165, 1.54) is 12.5 Å². The van der Waals surface area contributed by atoms with Crippen LogP contribution in [0.15, 0.2) is 42.9 Å². The van der Waals surface area contributed by atoms with E-state index in [-0.39, 0.29) is 19.4 Å². The molecule has 1 aromatic carbocycles. The summed E-state index contributed by atoms with van der Waals surface area (Å²) in [6, 6.07) is 6.97. The van der Waals surface area contributed by atoms with Crippen LogP contribution in [0, 0.1) is 0 Å². The second-order valence-corrected chi connectivity index (χ2v) is 6.20. The van der Waals surface area contributed by atoms with Gasteiger partial charge in [0.15, 0.2) is 0 Å². The van der Waals surface area contributed by atoms with E-state index in [0.717, 1.165) is 5.56 Å². The van der Waals surface area contributed by atoms with Gasteiger partial charge in [-0.15, -0.1) is 0 Å². The van der Waals surface area contributed by atoms with Gasteiger partial charge < -0.3 is 25.5 Å². The number of imidazole rings is 1. The molecule has 1 aromatic heterocycles. The van der Waals surface area contributed by atoms with Gasteiger partial charge in [-0.05, 0) is 12.0 Å². The summed E-state index contributed by atoms with van der Waals surface area (Å²) in [6.45, 7) is 2.08. The first-order valence-electron chi connectivity index (χ1n) is 8.97. The zero-order valence-corrected chi connectivity index (χ0v) is 15.6. The summed E-state index contributed by atoms with van der Waals surface area (Å²) in [4.78, 5) is 42.9. The normalized spacial score (nSPS) is 12.6. The van der Waals surface area contributed by atoms with Crippen molar-refractivity contribution in [3.8, 4) is 0 Å². The van der Waals surface area contributed by atoms with E-state index in [1.54, 1.807) is 0 Å². The summed E-state index contributed by atoms with van der Waals surface area (Å²) < 4.78 is 4.99. The Bertz CT molecular complexity index is 764. The first kappa shape index (κ1) is 20.9. The van der Waals surface area contributed by atoms with Gasteiger partial charge in [0.25, 0.3) is 0 Å². The Morgan fingerprint density at radius 1 is 1.14 bits per heavy atom. The molecule has 0 spiro atoms. The quantitative estimate of drug-likeness (QED) is 0.484. The third-order valence-corrected chi connectivity index (χ3v) is 3.92. The predicted molar refractivity (Wildman–Crippen MR) is 101 cm³/mol. The van der Waals surface area contributed by atoms with Gasteiger partial charge in [0.2, 0.25) is 5.91 Å². The topological polar surface area (TPSA) is 133 Å². The van der Waals surface area contributed by atoms with Crippen LogP contribution in [0.3, 0.4) is 0 Å². The SMILES string of the molecule is CCCOC(=O)N[C@@H](Cc1ccccc1)C(=O)N[C@@H](Cc1cnc[nH]1)C(=O)O. The summed E-state index contributed by atoms with van der Waals surface area (Å²) in [5.74, 6) is -1.79. The molecule has 0 saturated heterocycles. The van der Waals surface area contributed by atoms with Gasteiger partial charge in [0.1, 0.15) is 12.1 Å². The van der Waals surface area contributed by atoms with Gasteiger partial charge in [-0.3, -0.25) is 4.79 Å². The molecule has 9 nitrogen and oxygen atoms in total. The third-order valence-electron chi connectivity index (χ3n) is 3.92. The van der Waals surface area contributed by atoms with Crippen LogP contribution in [0.1, 0.15) is 24.6 Å². The van der Waals surface area contributed by atoms with Crippen LogP contribution in [0.25, 0.3) is 0 Å². The minimum atomic E-state index is -1.19. The summed E-state index contributed by atoms with van der Waals surface area (Å²) in [7, 11) is 0. The zero-order valence-electron chi connectivity index (χ0n) is 15.6. The number of alkyl carbamates (subject to hydrolysis) is 1. The Hall–Kier alpha value is -3.36. The largest absolute Gasteiger partial charge is 0.480 e. The van der Waals surface area contributed by atoms with Gasteiger partial charge in [0.05, 0.1) is 12.9 Å². The number of aromatic amines is 1. The lowest BCUT2D eigenvalue weighted by Crippen LogP contribution is -2.53. The second kappa shape index (κ2) is 10.7. The Morgan fingerprint density at radius 3 is 2.50 bits per heavy atom. The van der Waals surface area contributed by atoms with E-state index in [4.69, 9.17) is 4.74 Å². The molecule has 150 valence electrons. The molecule has 0 radical (unpaired) electrons. The summed E-state index contributed by atoms with van der Waals surface area (Å²) >= 11 is 0. The Balaban J connectivity index is 2.08. The highest BCUT2D eigenvalue weighted by Gasteiger charge is 2.27. The highest BCUT2D eigenvalue weighted by atomic mass is 16.5. The lowest BCUT2D eigenvalue weighted by Gasteiger charge is -2.21. The smallest absolute Gasteiger partial charge is 0.407 e. The number of hydrogen-bond donors (Lipinski definition) is 4. The molecule has 2 atom stereocenters. The molecule has 9 heteroatoms. The van der Waals surface area contributed by atoms with Crippen LogP contribution >= 0.6 is 0 Å². The van der Waals surface area contributed by atoms with E-state index >= 15 is 0 Å². The van der Waals surface area contributed by atoms with E-state index in [9.17, 15) is 19.5 Å². The summed E-state index contributed by atoms with van der Waals surface area (Å²) in [6.07, 6.45) is 3.08. The Kier molecular flexibility index (Phi) is 8.01. The van der Waals surface area contributed by atoms with E-state index in [1.807, 2.05) is 37.3 Å². The Morgan fingerprint density at radius 2 is 1.89 bits per heavy atom. The number of H-pyrrole nitrogens is 1. The van der Waals surface area contributed by atoms with Crippen molar-refractivity contribution in [3.63, 3.8) is 0 Å². The first-order valence-corrected chi connectivity index (χ1v) is 8.97. The summed E-state index contributed by atoms with van der Waals surface area (Å²) in [5.41, 5.74) is 1.39. The molecule has 0 aliphatic heterocycles. The molecule has 0 aliphatic rings. The maximum atomic E-state index is 12.7. The van der Waals surface area contributed by atoms with Gasteiger partial charge in [-0.25, -0.2) is 14.6 Å². The number of carboxylic acid groups (broad SMARTS) is 1. The highest BCUT2D eigenvalue weighted by Crippen LogP contribution is 2.06. The minimum Gasteiger partial charge on any atom is -0.480 e.